The van der Waals surface area contributed by atoms with Gasteiger partial charge in [0, 0.05) is 63.0 Å². The molecule has 3 heterocycles. The van der Waals surface area contributed by atoms with Gasteiger partial charge in [-0.15, -0.1) is 0 Å². The molecule has 8 heteroatoms. The first-order valence-corrected chi connectivity index (χ1v) is 12.9. The third-order valence-electron chi connectivity index (χ3n) is 7.12. The molecular formula is C28H35FN4O3. The van der Waals surface area contributed by atoms with Gasteiger partial charge in [-0.3, -0.25) is 4.90 Å². The van der Waals surface area contributed by atoms with Crippen LogP contribution in [0.15, 0.2) is 65.2 Å². The first-order chi connectivity index (χ1) is 17.6. The van der Waals surface area contributed by atoms with E-state index in [9.17, 15) is 9.50 Å². The Bertz CT molecular complexity index is 1090. The van der Waals surface area contributed by atoms with Gasteiger partial charge >= 0.3 is 0 Å². The number of nitrogens with one attached hydrogen (secondary N) is 1. The maximum Gasteiger partial charge on any atom is 0.150 e. The fourth-order valence-corrected chi connectivity index (χ4v) is 5.06. The molecule has 2 aliphatic heterocycles. The number of ether oxygens (including phenoxy) is 1. The van der Waals surface area contributed by atoms with E-state index in [-0.39, 0.29) is 18.0 Å². The molecular weight excluding hydrogens is 459 g/mol. The summed E-state index contributed by atoms with van der Waals surface area (Å²) in [6.07, 6.45) is 1.21. The van der Waals surface area contributed by atoms with Gasteiger partial charge < -0.3 is 24.6 Å². The lowest BCUT2D eigenvalue weighted by Gasteiger charge is -2.35. The lowest BCUT2D eigenvalue weighted by molar-refractivity contribution is -0.115. The van der Waals surface area contributed by atoms with Crippen molar-refractivity contribution in [2.75, 3.05) is 37.6 Å². The third-order valence-corrected chi connectivity index (χ3v) is 7.12. The minimum Gasteiger partial charge on any atom is -0.390 e. The Labute approximate surface area is 211 Å². The van der Waals surface area contributed by atoms with Crippen molar-refractivity contribution >= 4 is 5.69 Å². The quantitative estimate of drug-likeness (QED) is 0.473. The lowest BCUT2D eigenvalue weighted by Crippen LogP contribution is -2.45. The van der Waals surface area contributed by atoms with E-state index >= 15 is 0 Å². The summed E-state index contributed by atoms with van der Waals surface area (Å²) in [6, 6.07) is 19.3. The van der Waals surface area contributed by atoms with Crippen LogP contribution in [-0.2, 0) is 24.2 Å². The second-order valence-electron chi connectivity index (χ2n) is 9.75. The molecule has 5 rings (SSSR count). The second kappa shape index (κ2) is 12.0. The van der Waals surface area contributed by atoms with E-state index in [1.807, 2.05) is 18.2 Å². The van der Waals surface area contributed by atoms with Crippen molar-refractivity contribution in [1.82, 2.24) is 15.4 Å². The van der Waals surface area contributed by atoms with Crippen LogP contribution in [0.5, 0.6) is 0 Å². The fraction of sp³-hybridized carbons (Fsp3) is 0.464. The molecule has 2 N–H and O–H groups in total. The van der Waals surface area contributed by atoms with Crippen molar-refractivity contribution in [3.8, 4) is 0 Å². The molecule has 0 aliphatic carbocycles. The monoisotopic (exact) mass is 494 g/mol. The van der Waals surface area contributed by atoms with E-state index in [2.05, 4.69) is 44.5 Å². The SMILES string of the molecule is O[C@H]1CC[C@@H](Cc2cc(CN3CCN(c4ccccc4)CC3)on2)O[C@@H]1CNCc1ccccc1F. The van der Waals surface area contributed by atoms with E-state index in [0.717, 1.165) is 50.6 Å². The van der Waals surface area contributed by atoms with Crippen molar-refractivity contribution in [2.45, 2.75) is 50.7 Å². The summed E-state index contributed by atoms with van der Waals surface area (Å²) in [6.45, 7) is 5.57. The van der Waals surface area contributed by atoms with Crippen LogP contribution < -0.4 is 10.2 Å². The van der Waals surface area contributed by atoms with Crippen molar-refractivity contribution in [3.05, 3.63) is 83.5 Å². The Morgan fingerprint density at radius 3 is 2.58 bits per heavy atom. The summed E-state index contributed by atoms with van der Waals surface area (Å²) in [5.41, 5.74) is 2.76. The predicted octanol–water partition coefficient (Wildman–Crippen LogP) is 3.38. The molecule has 2 fully saturated rings. The molecule has 3 atom stereocenters. The summed E-state index contributed by atoms with van der Waals surface area (Å²) >= 11 is 0. The molecule has 0 spiro atoms. The average molecular weight is 495 g/mol. The standard InChI is InChI=1S/C28H35FN4O3/c29-26-9-5-4-6-21(26)18-30-19-28-27(34)11-10-24(35-28)16-22-17-25(36-31-22)20-32-12-14-33(15-13-32)23-7-2-1-3-8-23/h1-9,17,24,27-28,30,34H,10-16,18-20H2/t24-,27-,28+/m0/s1. The number of nitrogens with zero attached hydrogens (tertiary/aromatic N) is 3. The number of aromatic nitrogens is 1. The normalized spacial score (nSPS) is 23.2. The zero-order valence-electron chi connectivity index (χ0n) is 20.6. The van der Waals surface area contributed by atoms with E-state index in [1.54, 1.807) is 12.1 Å². The Morgan fingerprint density at radius 1 is 1.00 bits per heavy atom. The zero-order chi connectivity index (χ0) is 24.7. The first-order valence-electron chi connectivity index (χ1n) is 12.9. The lowest BCUT2D eigenvalue weighted by atomic mass is 9.98. The first kappa shape index (κ1) is 24.9. The van der Waals surface area contributed by atoms with Gasteiger partial charge in [0.2, 0.25) is 0 Å². The summed E-state index contributed by atoms with van der Waals surface area (Å²) in [5, 5.41) is 17.9. The molecule has 36 heavy (non-hydrogen) atoms. The van der Waals surface area contributed by atoms with Crippen LogP contribution in [-0.4, -0.2) is 66.2 Å². The maximum atomic E-state index is 13.8. The summed E-state index contributed by atoms with van der Waals surface area (Å²) < 4.78 is 25.6. The van der Waals surface area contributed by atoms with Gasteiger partial charge in [-0.2, -0.15) is 0 Å². The maximum absolute atomic E-state index is 13.8. The number of benzene rings is 2. The predicted molar refractivity (Wildman–Crippen MR) is 136 cm³/mol. The summed E-state index contributed by atoms with van der Waals surface area (Å²) in [5.74, 6) is 0.644. The number of hydrogen-bond donors (Lipinski definition) is 2. The summed E-state index contributed by atoms with van der Waals surface area (Å²) in [7, 11) is 0. The average Bonchev–Trinajstić information content (AvgIpc) is 3.34. The number of aliphatic hydroxyl groups is 1. The van der Waals surface area contributed by atoms with Crippen LogP contribution in [0.25, 0.3) is 0 Å². The van der Waals surface area contributed by atoms with E-state index in [0.29, 0.717) is 31.5 Å². The molecule has 0 bridgehead atoms. The minimum atomic E-state index is -0.531. The van der Waals surface area contributed by atoms with Crippen LogP contribution >= 0.6 is 0 Å². The molecule has 3 aromatic rings. The Morgan fingerprint density at radius 2 is 1.78 bits per heavy atom. The molecule has 2 saturated heterocycles. The van der Waals surface area contributed by atoms with Gasteiger partial charge in [-0.05, 0) is 31.0 Å². The zero-order valence-corrected chi connectivity index (χ0v) is 20.6. The molecule has 0 radical (unpaired) electrons. The molecule has 1 aromatic heterocycles. The molecule has 0 unspecified atom stereocenters. The van der Waals surface area contributed by atoms with Gasteiger partial charge in [-0.25, -0.2) is 4.39 Å². The Kier molecular flexibility index (Phi) is 8.28. The smallest absolute Gasteiger partial charge is 0.150 e. The number of rotatable bonds is 9. The van der Waals surface area contributed by atoms with Gasteiger partial charge in [0.25, 0.3) is 0 Å². The van der Waals surface area contributed by atoms with Crippen LogP contribution in [0.1, 0.15) is 29.9 Å². The molecule has 192 valence electrons. The van der Waals surface area contributed by atoms with Crippen LogP contribution in [0, 0.1) is 5.82 Å². The van der Waals surface area contributed by atoms with Crippen molar-refractivity contribution < 1.29 is 18.8 Å². The molecule has 2 aromatic carbocycles. The van der Waals surface area contributed by atoms with Gasteiger partial charge in [0.05, 0.1) is 30.6 Å². The van der Waals surface area contributed by atoms with Crippen LogP contribution in [0.2, 0.25) is 0 Å². The molecule has 0 saturated carbocycles. The number of anilines is 1. The van der Waals surface area contributed by atoms with Gasteiger partial charge in [-0.1, -0.05) is 41.6 Å². The molecule has 0 amide bonds. The highest BCUT2D eigenvalue weighted by molar-refractivity contribution is 5.46. The fourth-order valence-electron chi connectivity index (χ4n) is 5.06. The van der Waals surface area contributed by atoms with Crippen LogP contribution in [0.4, 0.5) is 10.1 Å². The largest absolute Gasteiger partial charge is 0.390 e. The van der Waals surface area contributed by atoms with Crippen molar-refractivity contribution in [3.63, 3.8) is 0 Å². The second-order valence-corrected chi connectivity index (χ2v) is 9.75. The highest BCUT2D eigenvalue weighted by Crippen LogP contribution is 2.23. The van der Waals surface area contributed by atoms with E-state index in [4.69, 9.17) is 9.26 Å². The molecule has 2 aliphatic rings. The van der Waals surface area contributed by atoms with Crippen molar-refractivity contribution in [2.24, 2.45) is 0 Å². The topological polar surface area (TPSA) is 74.0 Å². The van der Waals surface area contributed by atoms with Gasteiger partial charge in [0.1, 0.15) is 5.82 Å². The summed E-state index contributed by atoms with van der Waals surface area (Å²) in [4.78, 5) is 4.81. The number of hydrogen-bond acceptors (Lipinski definition) is 7. The number of halogens is 1. The van der Waals surface area contributed by atoms with Gasteiger partial charge in [0.15, 0.2) is 5.76 Å². The van der Waals surface area contributed by atoms with E-state index in [1.165, 1.54) is 11.8 Å². The van der Waals surface area contributed by atoms with Crippen LogP contribution in [0.3, 0.4) is 0 Å². The Balaban J connectivity index is 1.06. The number of para-hydroxylation sites is 1. The third kappa shape index (κ3) is 6.50. The highest BCUT2D eigenvalue weighted by Gasteiger charge is 2.30. The Hall–Kier alpha value is -2.78. The number of aliphatic hydroxyl groups excluding tert-OH is 1. The number of piperazine rings is 1. The minimum absolute atomic E-state index is 0.0268. The molecule has 7 nitrogen and oxygen atoms in total. The highest BCUT2D eigenvalue weighted by atomic mass is 19.1. The van der Waals surface area contributed by atoms with E-state index < -0.39 is 6.10 Å². The van der Waals surface area contributed by atoms with Crippen molar-refractivity contribution in [1.29, 1.82) is 0 Å².